The van der Waals surface area contributed by atoms with Gasteiger partial charge in [-0.2, -0.15) is 5.26 Å². The first-order valence-electron chi connectivity index (χ1n) is 9.12. The first-order valence-corrected chi connectivity index (χ1v) is 10.3. The van der Waals surface area contributed by atoms with E-state index in [2.05, 4.69) is 21.2 Å². The Morgan fingerprint density at radius 3 is 2.57 bits per heavy atom. The zero-order chi connectivity index (χ0) is 21.5. The Morgan fingerprint density at radius 1 is 1.17 bits per heavy atom. The predicted molar refractivity (Wildman–Crippen MR) is 123 cm³/mol. The topological polar surface area (TPSA) is 62.1 Å². The van der Waals surface area contributed by atoms with Crippen molar-refractivity contribution in [3.8, 4) is 11.8 Å². The summed E-state index contributed by atoms with van der Waals surface area (Å²) in [7, 11) is 0. The third kappa shape index (κ3) is 5.73. The summed E-state index contributed by atoms with van der Waals surface area (Å²) in [6.07, 6.45) is 1.49. The zero-order valence-electron chi connectivity index (χ0n) is 16.2. The van der Waals surface area contributed by atoms with Crippen molar-refractivity contribution < 1.29 is 9.53 Å². The molecule has 150 valence electrons. The Labute approximate surface area is 188 Å². The number of ether oxygens (including phenoxy) is 1. The normalized spacial score (nSPS) is 10.9. The highest BCUT2D eigenvalue weighted by atomic mass is 79.9. The van der Waals surface area contributed by atoms with Gasteiger partial charge in [0.15, 0.2) is 0 Å². The molecule has 0 fully saturated rings. The summed E-state index contributed by atoms with van der Waals surface area (Å²) in [5, 5.41) is 12.5. The molecule has 6 heteroatoms. The molecule has 0 aliphatic heterocycles. The van der Waals surface area contributed by atoms with Crippen LogP contribution in [0.15, 0.2) is 76.8 Å². The molecule has 4 nitrogen and oxygen atoms in total. The fourth-order valence-corrected chi connectivity index (χ4v) is 3.29. The quantitative estimate of drug-likeness (QED) is 0.321. The van der Waals surface area contributed by atoms with Crippen molar-refractivity contribution in [3.63, 3.8) is 0 Å². The highest BCUT2D eigenvalue weighted by Gasteiger charge is 2.11. The van der Waals surface area contributed by atoms with E-state index in [-0.39, 0.29) is 5.57 Å². The van der Waals surface area contributed by atoms with Gasteiger partial charge in [-0.05, 0) is 48.9 Å². The number of aryl methyl sites for hydroxylation is 1. The van der Waals surface area contributed by atoms with E-state index in [1.54, 1.807) is 30.3 Å². The molecule has 0 saturated carbocycles. The van der Waals surface area contributed by atoms with Gasteiger partial charge < -0.3 is 10.1 Å². The maximum atomic E-state index is 12.4. The number of hydrogen-bond acceptors (Lipinski definition) is 3. The second kappa shape index (κ2) is 10.1. The molecule has 0 heterocycles. The molecular formula is C24H18BrClN2O2. The van der Waals surface area contributed by atoms with Gasteiger partial charge in [-0.15, -0.1) is 0 Å². The molecule has 0 aliphatic rings. The summed E-state index contributed by atoms with van der Waals surface area (Å²) in [6, 6.07) is 22.2. The summed E-state index contributed by atoms with van der Waals surface area (Å²) in [6.45, 7) is 2.32. The number of nitrogens with zero attached hydrogens (tertiary/aromatic N) is 1. The summed E-state index contributed by atoms with van der Waals surface area (Å²) in [5.74, 6) is 0.0407. The summed E-state index contributed by atoms with van der Waals surface area (Å²) in [5.41, 5.74) is 3.32. The first kappa shape index (κ1) is 21.6. The molecular weight excluding hydrogens is 464 g/mol. The van der Waals surface area contributed by atoms with Crippen molar-refractivity contribution in [3.05, 3.63) is 98.5 Å². The average Bonchev–Trinajstić information content (AvgIpc) is 2.74. The summed E-state index contributed by atoms with van der Waals surface area (Å²) >= 11 is 9.82. The van der Waals surface area contributed by atoms with Gasteiger partial charge in [0.05, 0.1) is 5.02 Å². The highest BCUT2D eigenvalue weighted by Crippen LogP contribution is 2.28. The lowest BCUT2D eigenvalue weighted by atomic mass is 10.1. The number of nitriles is 1. The van der Waals surface area contributed by atoms with Gasteiger partial charge in [0, 0.05) is 15.7 Å². The lowest BCUT2D eigenvalue weighted by Gasteiger charge is -2.10. The van der Waals surface area contributed by atoms with Crippen LogP contribution in [0.2, 0.25) is 5.02 Å². The van der Waals surface area contributed by atoms with Crippen molar-refractivity contribution in [1.29, 1.82) is 5.26 Å². The Hall–Kier alpha value is -3.07. The lowest BCUT2D eigenvalue weighted by molar-refractivity contribution is -0.112. The molecule has 0 atom stereocenters. The fraction of sp³-hybridized carbons (Fsp3) is 0.0833. The van der Waals surface area contributed by atoms with Crippen molar-refractivity contribution in [1.82, 2.24) is 0 Å². The number of amides is 1. The number of rotatable bonds is 6. The second-order valence-corrected chi connectivity index (χ2v) is 7.82. The number of carbonyl (C=O) groups is 1. The third-order valence-electron chi connectivity index (χ3n) is 4.28. The van der Waals surface area contributed by atoms with E-state index in [1.807, 2.05) is 49.4 Å². The largest absolute Gasteiger partial charge is 0.487 e. The molecule has 3 aromatic rings. The van der Waals surface area contributed by atoms with Crippen LogP contribution in [-0.4, -0.2) is 5.91 Å². The molecule has 0 spiro atoms. The van der Waals surface area contributed by atoms with Crippen LogP contribution in [-0.2, 0) is 11.4 Å². The minimum absolute atomic E-state index is 0.0199. The second-order valence-electron chi connectivity index (χ2n) is 6.56. The van der Waals surface area contributed by atoms with Crippen LogP contribution in [0, 0.1) is 18.3 Å². The van der Waals surface area contributed by atoms with E-state index in [9.17, 15) is 10.1 Å². The van der Waals surface area contributed by atoms with Crippen molar-refractivity contribution in [2.45, 2.75) is 13.5 Å². The molecule has 3 aromatic carbocycles. The maximum absolute atomic E-state index is 12.4. The van der Waals surface area contributed by atoms with Gasteiger partial charge in [-0.25, -0.2) is 0 Å². The Bertz CT molecular complexity index is 1130. The van der Waals surface area contributed by atoms with E-state index >= 15 is 0 Å². The number of anilines is 1. The molecule has 1 N–H and O–H groups in total. The van der Waals surface area contributed by atoms with Gasteiger partial charge in [0.1, 0.15) is 24.0 Å². The van der Waals surface area contributed by atoms with Crippen molar-refractivity contribution in [2.24, 2.45) is 0 Å². The minimum Gasteiger partial charge on any atom is -0.487 e. The molecule has 0 aliphatic carbocycles. The summed E-state index contributed by atoms with van der Waals surface area (Å²) < 4.78 is 6.76. The van der Waals surface area contributed by atoms with Crippen LogP contribution < -0.4 is 10.1 Å². The van der Waals surface area contributed by atoms with Crippen molar-refractivity contribution >= 4 is 45.2 Å². The monoisotopic (exact) mass is 480 g/mol. The van der Waals surface area contributed by atoms with Gasteiger partial charge in [-0.3, -0.25) is 4.79 Å². The number of carbonyl (C=O) groups excluding carboxylic acids is 1. The zero-order valence-corrected chi connectivity index (χ0v) is 18.5. The first-order chi connectivity index (χ1) is 14.5. The Balaban J connectivity index is 1.71. The van der Waals surface area contributed by atoms with Crippen LogP contribution in [0.1, 0.15) is 16.7 Å². The van der Waals surface area contributed by atoms with Crippen LogP contribution in [0.4, 0.5) is 5.69 Å². The maximum Gasteiger partial charge on any atom is 0.266 e. The van der Waals surface area contributed by atoms with Crippen molar-refractivity contribution in [2.75, 3.05) is 5.32 Å². The van der Waals surface area contributed by atoms with Crippen LogP contribution in [0.5, 0.6) is 5.75 Å². The van der Waals surface area contributed by atoms with Crippen LogP contribution in [0.3, 0.4) is 0 Å². The average molecular weight is 482 g/mol. The van der Waals surface area contributed by atoms with Gasteiger partial charge >= 0.3 is 0 Å². The lowest BCUT2D eigenvalue weighted by Crippen LogP contribution is -2.13. The highest BCUT2D eigenvalue weighted by molar-refractivity contribution is 9.10. The van der Waals surface area contributed by atoms with Crippen LogP contribution in [0.25, 0.3) is 6.08 Å². The van der Waals surface area contributed by atoms with E-state index in [4.69, 9.17) is 16.3 Å². The van der Waals surface area contributed by atoms with Gasteiger partial charge in [-0.1, -0.05) is 69.5 Å². The molecule has 0 saturated heterocycles. The Morgan fingerprint density at radius 2 is 1.90 bits per heavy atom. The van der Waals surface area contributed by atoms with Gasteiger partial charge in [0.2, 0.25) is 0 Å². The Kier molecular flexibility index (Phi) is 7.29. The number of benzene rings is 3. The number of hydrogen-bond donors (Lipinski definition) is 1. The van der Waals surface area contributed by atoms with E-state index in [1.165, 1.54) is 6.08 Å². The molecule has 0 unspecified atom stereocenters. The van der Waals surface area contributed by atoms with Crippen LogP contribution >= 0.6 is 27.5 Å². The summed E-state index contributed by atoms with van der Waals surface area (Å²) in [4.78, 5) is 12.4. The molecule has 1 amide bonds. The molecule has 0 aromatic heterocycles. The SMILES string of the molecule is Cc1ccc(NC(=O)/C(C#N)=C/c2ccc(OCc3ccccc3Br)c(Cl)c2)cc1. The minimum atomic E-state index is -0.480. The molecule has 30 heavy (non-hydrogen) atoms. The van der Waals surface area contributed by atoms with E-state index < -0.39 is 5.91 Å². The smallest absolute Gasteiger partial charge is 0.266 e. The standard InChI is InChI=1S/C24H18BrClN2O2/c1-16-6-9-20(10-7-16)28-24(29)19(14-27)12-17-8-11-23(22(26)13-17)30-15-18-4-2-3-5-21(18)25/h2-13H,15H2,1H3,(H,28,29)/b19-12+. The number of nitrogens with one attached hydrogen (secondary N) is 1. The predicted octanol–water partition coefficient (Wildman–Crippen LogP) is 6.54. The molecule has 0 bridgehead atoms. The van der Waals surface area contributed by atoms with Gasteiger partial charge in [0.25, 0.3) is 5.91 Å². The molecule has 3 rings (SSSR count). The molecule has 0 radical (unpaired) electrons. The van der Waals surface area contributed by atoms with E-state index in [0.717, 1.165) is 15.6 Å². The third-order valence-corrected chi connectivity index (χ3v) is 5.35. The number of halogens is 2. The fourth-order valence-electron chi connectivity index (χ4n) is 2.65. The van der Waals surface area contributed by atoms with E-state index in [0.29, 0.717) is 28.6 Å².